The first kappa shape index (κ1) is 18.9. The Labute approximate surface area is 150 Å². The third-order valence-electron chi connectivity index (χ3n) is 3.73. The Kier molecular flexibility index (Phi) is 5.79. The molecule has 1 N–H and O–H groups in total. The summed E-state index contributed by atoms with van der Waals surface area (Å²) >= 11 is 6.08. The van der Waals surface area contributed by atoms with Crippen molar-refractivity contribution in [2.45, 2.75) is 26.8 Å². The summed E-state index contributed by atoms with van der Waals surface area (Å²) in [6, 6.07) is 5.88. The van der Waals surface area contributed by atoms with Crippen LogP contribution in [-0.4, -0.2) is 46.6 Å². The molecule has 1 saturated heterocycles. The zero-order valence-electron chi connectivity index (χ0n) is 14.3. The largest absolute Gasteiger partial charge is 0.348 e. The SMILES string of the molecule is CC(C)CN1C(=O)C(=O)N(CC(=O)N[C@H](C)c2ccccc2Cl)C1=O. The van der Waals surface area contributed by atoms with Crippen LogP contribution in [0.1, 0.15) is 32.4 Å². The smallest absolute Gasteiger partial charge is 0.334 e. The number of nitrogens with one attached hydrogen (secondary N) is 1. The first-order valence-corrected chi connectivity index (χ1v) is 8.31. The van der Waals surface area contributed by atoms with Gasteiger partial charge in [0.1, 0.15) is 6.54 Å². The molecule has 1 aromatic carbocycles. The quantitative estimate of drug-likeness (QED) is 0.616. The predicted octanol–water partition coefficient (Wildman–Crippen LogP) is 1.96. The van der Waals surface area contributed by atoms with E-state index in [0.29, 0.717) is 15.5 Å². The Hall–Kier alpha value is -2.41. The molecule has 1 aliphatic rings. The second-order valence-corrected chi connectivity index (χ2v) is 6.70. The van der Waals surface area contributed by atoms with Gasteiger partial charge in [-0.25, -0.2) is 9.69 Å². The summed E-state index contributed by atoms with van der Waals surface area (Å²) in [5, 5.41) is 3.18. The van der Waals surface area contributed by atoms with Gasteiger partial charge in [0, 0.05) is 11.6 Å². The average molecular weight is 366 g/mol. The van der Waals surface area contributed by atoms with Gasteiger partial charge in [0.2, 0.25) is 5.91 Å². The molecular weight excluding hydrogens is 346 g/mol. The van der Waals surface area contributed by atoms with Gasteiger partial charge in [0.15, 0.2) is 0 Å². The van der Waals surface area contributed by atoms with Crippen LogP contribution in [-0.2, 0) is 14.4 Å². The normalized spacial score (nSPS) is 16.0. The van der Waals surface area contributed by atoms with Gasteiger partial charge in [-0.2, -0.15) is 0 Å². The van der Waals surface area contributed by atoms with Gasteiger partial charge < -0.3 is 5.32 Å². The standard InChI is InChI=1S/C17H20ClN3O4/c1-10(2)8-20-15(23)16(24)21(17(20)25)9-14(22)19-11(3)12-6-4-5-7-13(12)18/h4-7,10-11H,8-9H2,1-3H3,(H,19,22)/t11-/m1/s1. The molecule has 0 saturated carbocycles. The lowest BCUT2D eigenvalue weighted by atomic mass is 10.1. The van der Waals surface area contributed by atoms with E-state index in [-0.39, 0.29) is 12.5 Å². The minimum atomic E-state index is -0.980. The third kappa shape index (κ3) is 4.17. The maximum absolute atomic E-state index is 12.2. The fourth-order valence-corrected chi connectivity index (χ4v) is 2.85. The lowest BCUT2D eigenvalue weighted by Gasteiger charge is -2.19. The van der Waals surface area contributed by atoms with Crippen LogP contribution >= 0.6 is 11.6 Å². The second kappa shape index (κ2) is 7.65. The van der Waals surface area contributed by atoms with Crippen LogP contribution in [0.25, 0.3) is 0 Å². The molecule has 0 spiro atoms. The number of amides is 5. The van der Waals surface area contributed by atoms with Gasteiger partial charge in [0.05, 0.1) is 6.04 Å². The highest BCUT2D eigenvalue weighted by Gasteiger charge is 2.45. The van der Waals surface area contributed by atoms with Crippen molar-refractivity contribution >= 4 is 35.4 Å². The Morgan fingerprint density at radius 1 is 1.08 bits per heavy atom. The minimum absolute atomic E-state index is 0.0229. The van der Waals surface area contributed by atoms with Crippen molar-refractivity contribution in [1.29, 1.82) is 0 Å². The van der Waals surface area contributed by atoms with Crippen LogP contribution in [0.2, 0.25) is 5.02 Å². The summed E-state index contributed by atoms with van der Waals surface area (Å²) in [5.41, 5.74) is 0.717. The zero-order chi connectivity index (χ0) is 18.7. The molecule has 2 rings (SSSR count). The van der Waals surface area contributed by atoms with Crippen molar-refractivity contribution < 1.29 is 19.2 Å². The molecule has 5 amide bonds. The summed E-state index contributed by atoms with van der Waals surface area (Å²) in [6.07, 6.45) is 0. The fraction of sp³-hybridized carbons (Fsp3) is 0.412. The van der Waals surface area contributed by atoms with Crippen LogP contribution in [0.3, 0.4) is 0 Å². The van der Waals surface area contributed by atoms with E-state index in [1.807, 2.05) is 13.8 Å². The number of benzene rings is 1. The molecule has 0 unspecified atom stereocenters. The molecular formula is C17H20ClN3O4. The number of nitrogens with zero attached hydrogens (tertiary/aromatic N) is 2. The van der Waals surface area contributed by atoms with E-state index in [1.54, 1.807) is 31.2 Å². The van der Waals surface area contributed by atoms with Crippen LogP contribution in [0.15, 0.2) is 24.3 Å². The average Bonchev–Trinajstić information content (AvgIpc) is 2.72. The van der Waals surface area contributed by atoms with Crippen LogP contribution < -0.4 is 5.32 Å². The molecule has 7 nitrogen and oxygen atoms in total. The van der Waals surface area contributed by atoms with Crippen molar-refractivity contribution in [1.82, 2.24) is 15.1 Å². The van der Waals surface area contributed by atoms with Crippen LogP contribution in [0.5, 0.6) is 0 Å². The Bertz CT molecular complexity index is 720. The van der Waals surface area contributed by atoms with Gasteiger partial charge >= 0.3 is 17.8 Å². The lowest BCUT2D eigenvalue weighted by molar-refractivity contribution is -0.144. The number of rotatable bonds is 6. The monoisotopic (exact) mass is 365 g/mol. The van der Waals surface area contributed by atoms with Gasteiger partial charge in [-0.1, -0.05) is 43.6 Å². The summed E-state index contributed by atoms with van der Waals surface area (Å²) < 4.78 is 0. The first-order chi connectivity index (χ1) is 11.7. The topological polar surface area (TPSA) is 86.8 Å². The number of imide groups is 2. The van der Waals surface area contributed by atoms with E-state index >= 15 is 0 Å². The van der Waals surface area contributed by atoms with Crippen molar-refractivity contribution in [2.24, 2.45) is 5.92 Å². The maximum Gasteiger partial charge on any atom is 0.334 e. The lowest BCUT2D eigenvalue weighted by Crippen LogP contribution is -2.42. The van der Waals surface area contributed by atoms with Crippen LogP contribution in [0, 0.1) is 5.92 Å². The summed E-state index contributed by atoms with van der Waals surface area (Å²) in [5.74, 6) is -2.40. The second-order valence-electron chi connectivity index (χ2n) is 6.29. The predicted molar refractivity (Wildman–Crippen MR) is 91.7 cm³/mol. The zero-order valence-corrected chi connectivity index (χ0v) is 15.0. The summed E-state index contributed by atoms with van der Waals surface area (Å²) in [4.78, 5) is 49.8. The molecule has 1 fully saturated rings. The Morgan fingerprint density at radius 3 is 2.28 bits per heavy atom. The number of halogens is 1. The van der Waals surface area contributed by atoms with Crippen molar-refractivity contribution in [3.05, 3.63) is 34.9 Å². The molecule has 0 bridgehead atoms. The number of carbonyl (C=O) groups excluding carboxylic acids is 4. The van der Waals surface area contributed by atoms with Gasteiger partial charge in [-0.05, 0) is 24.5 Å². The summed E-state index contributed by atoms with van der Waals surface area (Å²) in [6.45, 7) is 5.02. The van der Waals surface area contributed by atoms with Crippen LogP contribution in [0.4, 0.5) is 4.79 Å². The van der Waals surface area contributed by atoms with E-state index < -0.39 is 36.3 Å². The molecule has 8 heteroatoms. The molecule has 25 heavy (non-hydrogen) atoms. The molecule has 0 aliphatic carbocycles. The molecule has 1 aromatic rings. The van der Waals surface area contributed by atoms with Gasteiger partial charge in [-0.3, -0.25) is 19.3 Å². The molecule has 0 radical (unpaired) electrons. The minimum Gasteiger partial charge on any atom is -0.348 e. The highest BCUT2D eigenvalue weighted by molar-refractivity contribution is 6.45. The van der Waals surface area contributed by atoms with E-state index in [1.165, 1.54) is 0 Å². The Morgan fingerprint density at radius 2 is 1.68 bits per heavy atom. The number of hydrogen-bond acceptors (Lipinski definition) is 4. The number of carbonyl (C=O) groups is 4. The molecule has 134 valence electrons. The molecule has 0 aromatic heterocycles. The maximum atomic E-state index is 12.2. The third-order valence-corrected chi connectivity index (χ3v) is 4.08. The molecule has 1 aliphatic heterocycles. The van der Waals surface area contributed by atoms with Gasteiger partial charge in [0.25, 0.3) is 0 Å². The number of urea groups is 1. The highest BCUT2D eigenvalue weighted by Crippen LogP contribution is 2.22. The Balaban J connectivity index is 2.03. The fourth-order valence-electron chi connectivity index (χ4n) is 2.55. The molecule has 1 heterocycles. The molecule has 1 atom stereocenters. The first-order valence-electron chi connectivity index (χ1n) is 7.93. The van der Waals surface area contributed by atoms with Crippen molar-refractivity contribution in [2.75, 3.05) is 13.1 Å². The van der Waals surface area contributed by atoms with E-state index in [2.05, 4.69) is 5.32 Å². The summed E-state index contributed by atoms with van der Waals surface area (Å²) in [7, 11) is 0. The van der Waals surface area contributed by atoms with E-state index in [0.717, 1.165) is 4.90 Å². The van der Waals surface area contributed by atoms with Crippen molar-refractivity contribution in [3.63, 3.8) is 0 Å². The number of hydrogen-bond donors (Lipinski definition) is 1. The van der Waals surface area contributed by atoms with Gasteiger partial charge in [-0.15, -0.1) is 0 Å². The highest BCUT2D eigenvalue weighted by atomic mass is 35.5. The van der Waals surface area contributed by atoms with E-state index in [9.17, 15) is 19.2 Å². The van der Waals surface area contributed by atoms with Crippen molar-refractivity contribution in [3.8, 4) is 0 Å². The van der Waals surface area contributed by atoms with E-state index in [4.69, 9.17) is 11.6 Å².